The molecule has 1 aliphatic carbocycles. The summed E-state index contributed by atoms with van der Waals surface area (Å²) in [7, 11) is 2.10. The van der Waals surface area contributed by atoms with Crippen LogP contribution in [0.4, 0.5) is 5.69 Å². The zero-order chi connectivity index (χ0) is 13.3. The molecule has 0 aromatic heterocycles. The van der Waals surface area contributed by atoms with Crippen molar-refractivity contribution >= 4 is 11.5 Å². The molecule has 1 fully saturated rings. The Morgan fingerprint density at radius 3 is 2.22 bits per heavy atom. The maximum atomic E-state index is 11.7. The first-order chi connectivity index (χ1) is 8.38. The lowest BCUT2D eigenvalue weighted by atomic mass is 10.0. The van der Waals surface area contributed by atoms with Gasteiger partial charge in [0.1, 0.15) is 5.78 Å². The summed E-state index contributed by atoms with van der Waals surface area (Å²) in [6, 6.07) is 8.39. The van der Waals surface area contributed by atoms with Crippen LogP contribution in [0.2, 0.25) is 0 Å². The molecule has 0 heterocycles. The van der Waals surface area contributed by atoms with Gasteiger partial charge in [-0.15, -0.1) is 0 Å². The third-order valence-corrected chi connectivity index (χ3v) is 3.74. The average Bonchev–Trinajstić information content (AvgIpc) is 3.11. The van der Waals surface area contributed by atoms with Gasteiger partial charge in [0.25, 0.3) is 0 Å². The molecule has 0 aliphatic heterocycles. The van der Waals surface area contributed by atoms with Crippen LogP contribution in [0.3, 0.4) is 0 Å². The van der Waals surface area contributed by atoms with Crippen molar-refractivity contribution in [1.29, 1.82) is 0 Å². The zero-order valence-corrected chi connectivity index (χ0v) is 11.9. The van der Waals surface area contributed by atoms with Gasteiger partial charge in [-0.25, -0.2) is 0 Å². The molecular formula is C16H23NO. The van der Waals surface area contributed by atoms with Gasteiger partial charge in [-0.05, 0) is 51.3 Å². The number of anilines is 1. The number of hydrogen-bond donors (Lipinski definition) is 0. The minimum atomic E-state index is 0.116. The third kappa shape index (κ3) is 3.12. The van der Waals surface area contributed by atoms with E-state index in [1.54, 1.807) is 0 Å². The van der Waals surface area contributed by atoms with E-state index in [1.807, 2.05) is 0 Å². The molecule has 0 amide bonds. The SMILES string of the molecule is CN(c1ccc(CC(=O)C2CC2)cc1)C(C)(C)C. The second-order valence-electron chi connectivity index (χ2n) is 6.31. The fourth-order valence-electron chi connectivity index (χ4n) is 1.98. The van der Waals surface area contributed by atoms with Crippen molar-refractivity contribution in [1.82, 2.24) is 0 Å². The van der Waals surface area contributed by atoms with E-state index in [0.717, 1.165) is 18.4 Å². The molecular weight excluding hydrogens is 222 g/mol. The highest BCUT2D eigenvalue weighted by Gasteiger charge is 2.29. The second-order valence-corrected chi connectivity index (χ2v) is 6.31. The Morgan fingerprint density at radius 2 is 1.78 bits per heavy atom. The standard InChI is InChI=1S/C16H23NO/c1-16(2,3)17(4)14-9-5-12(6-10-14)11-15(18)13-7-8-13/h5-6,9-10,13H,7-8,11H2,1-4H3. The van der Waals surface area contributed by atoms with Gasteiger partial charge in [-0.3, -0.25) is 4.79 Å². The van der Waals surface area contributed by atoms with Crippen LogP contribution >= 0.6 is 0 Å². The fourth-order valence-corrected chi connectivity index (χ4v) is 1.98. The van der Waals surface area contributed by atoms with Crippen molar-refractivity contribution in [2.24, 2.45) is 5.92 Å². The van der Waals surface area contributed by atoms with Crippen LogP contribution in [-0.4, -0.2) is 18.4 Å². The Balaban J connectivity index is 2.03. The number of nitrogens with zero attached hydrogens (tertiary/aromatic N) is 1. The van der Waals surface area contributed by atoms with Crippen LogP contribution in [0.1, 0.15) is 39.2 Å². The molecule has 1 aromatic rings. The lowest BCUT2D eigenvalue weighted by molar-refractivity contribution is -0.119. The first-order valence-electron chi connectivity index (χ1n) is 6.73. The molecule has 18 heavy (non-hydrogen) atoms. The monoisotopic (exact) mass is 245 g/mol. The van der Waals surface area contributed by atoms with Gasteiger partial charge in [0.05, 0.1) is 0 Å². The summed E-state index contributed by atoms with van der Waals surface area (Å²) >= 11 is 0. The van der Waals surface area contributed by atoms with Gasteiger partial charge >= 0.3 is 0 Å². The van der Waals surface area contributed by atoms with Gasteiger partial charge in [-0.1, -0.05) is 12.1 Å². The minimum Gasteiger partial charge on any atom is -0.370 e. The molecule has 2 nitrogen and oxygen atoms in total. The number of benzene rings is 1. The van der Waals surface area contributed by atoms with E-state index in [4.69, 9.17) is 0 Å². The number of carbonyl (C=O) groups is 1. The van der Waals surface area contributed by atoms with Crippen LogP contribution in [0, 0.1) is 5.92 Å². The first-order valence-corrected chi connectivity index (χ1v) is 6.73. The molecule has 0 atom stereocenters. The van der Waals surface area contributed by atoms with Crippen LogP contribution < -0.4 is 4.90 Å². The first kappa shape index (κ1) is 13.1. The summed E-state index contributed by atoms with van der Waals surface area (Å²) in [6.07, 6.45) is 2.80. The summed E-state index contributed by atoms with van der Waals surface area (Å²) in [4.78, 5) is 14.0. The van der Waals surface area contributed by atoms with Crippen molar-refractivity contribution < 1.29 is 4.79 Å². The van der Waals surface area contributed by atoms with E-state index in [2.05, 4.69) is 57.0 Å². The number of ketones is 1. The highest BCUT2D eigenvalue weighted by Crippen LogP contribution is 2.31. The maximum Gasteiger partial charge on any atom is 0.140 e. The van der Waals surface area contributed by atoms with Gasteiger partial charge < -0.3 is 4.90 Å². The Morgan fingerprint density at radius 1 is 1.22 bits per heavy atom. The van der Waals surface area contributed by atoms with E-state index >= 15 is 0 Å². The molecule has 98 valence electrons. The van der Waals surface area contributed by atoms with Crippen molar-refractivity contribution in [3.63, 3.8) is 0 Å². The average molecular weight is 245 g/mol. The molecule has 0 unspecified atom stereocenters. The Hall–Kier alpha value is -1.31. The predicted molar refractivity (Wildman–Crippen MR) is 76.0 cm³/mol. The summed E-state index contributed by atoms with van der Waals surface area (Å²) in [6.45, 7) is 6.58. The van der Waals surface area contributed by atoms with Crippen LogP contribution in [-0.2, 0) is 11.2 Å². The third-order valence-electron chi connectivity index (χ3n) is 3.74. The minimum absolute atomic E-state index is 0.116. The Bertz CT molecular complexity index is 423. The smallest absolute Gasteiger partial charge is 0.140 e. The lowest BCUT2D eigenvalue weighted by Gasteiger charge is -2.34. The fraction of sp³-hybridized carbons (Fsp3) is 0.562. The molecule has 1 aromatic carbocycles. The van der Waals surface area contributed by atoms with Gasteiger partial charge in [0.2, 0.25) is 0 Å². The predicted octanol–water partition coefficient (Wildman–Crippen LogP) is 3.44. The summed E-state index contributed by atoms with van der Waals surface area (Å²) in [5.41, 5.74) is 2.45. The van der Waals surface area contributed by atoms with Crippen LogP contribution in [0.25, 0.3) is 0 Å². The largest absolute Gasteiger partial charge is 0.370 e. The molecule has 0 spiro atoms. The molecule has 1 saturated carbocycles. The number of hydrogen-bond acceptors (Lipinski definition) is 2. The molecule has 0 radical (unpaired) electrons. The van der Waals surface area contributed by atoms with Gasteiger partial charge in [-0.2, -0.15) is 0 Å². The van der Waals surface area contributed by atoms with Crippen LogP contribution in [0.15, 0.2) is 24.3 Å². The highest BCUT2D eigenvalue weighted by molar-refractivity contribution is 5.85. The number of carbonyl (C=O) groups excluding carboxylic acids is 1. The normalized spacial score (nSPS) is 15.6. The van der Waals surface area contributed by atoms with Crippen molar-refractivity contribution in [3.05, 3.63) is 29.8 Å². The van der Waals surface area contributed by atoms with Crippen molar-refractivity contribution in [3.8, 4) is 0 Å². The topological polar surface area (TPSA) is 20.3 Å². The van der Waals surface area contributed by atoms with Gasteiger partial charge in [0, 0.05) is 30.6 Å². The quantitative estimate of drug-likeness (QED) is 0.810. The second kappa shape index (κ2) is 4.75. The number of rotatable bonds is 4. The van der Waals surface area contributed by atoms with E-state index in [9.17, 15) is 4.79 Å². The lowest BCUT2D eigenvalue weighted by Crippen LogP contribution is -2.37. The molecule has 0 N–H and O–H groups in total. The van der Waals surface area contributed by atoms with Gasteiger partial charge in [0.15, 0.2) is 0 Å². The maximum absolute atomic E-state index is 11.7. The van der Waals surface area contributed by atoms with Crippen molar-refractivity contribution in [2.45, 2.75) is 45.6 Å². The summed E-state index contributed by atoms with van der Waals surface area (Å²) in [5, 5.41) is 0. The Labute approximate surface area is 110 Å². The summed E-state index contributed by atoms with van der Waals surface area (Å²) < 4.78 is 0. The van der Waals surface area contributed by atoms with E-state index in [0.29, 0.717) is 18.1 Å². The van der Waals surface area contributed by atoms with Crippen molar-refractivity contribution in [2.75, 3.05) is 11.9 Å². The summed E-state index contributed by atoms with van der Waals surface area (Å²) in [5.74, 6) is 0.772. The molecule has 2 rings (SSSR count). The van der Waals surface area contributed by atoms with E-state index in [1.165, 1.54) is 5.69 Å². The zero-order valence-electron chi connectivity index (χ0n) is 11.9. The molecule has 0 bridgehead atoms. The molecule has 1 aliphatic rings. The number of Topliss-reactive ketones (excluding diaryl/α,β-unsaturated/α-hetero) is 1. The van der Waals surface area contributed by atoms with E-state index in [-0.39, 0.29) is 5.54 Å². The van der Waals surface area contributed by atoms with Crippen LogP contribution in [0.5, 0.6) is 0 Å². The molecule has 2 heteroatoms. The Kier molecular flexibility index (Phi) is 3.47. The van der Waals surface area contributed by atoms with E-state index < -0.39 is 0 Å². The highest BCUT2D eigenvalue weighted by atomic mass is 16.1. The molecule has 0 saturated heterocycles.